The lowest BCUT2D eigenvalue weighted by Gasteiger charge is -2.47. The van der Waals surface area contributed by atoms with Crippen LogP contribution in [0, 0.1) is 5.92 Å². The minimum absolute atomic E-state index is 0.130. The molecule has 0 bridgehead atoms. The highest BCUT2D eigenvalue weighted by Crippen LogP contribution is 2.52. The Kier molecular flexibility index (Phi) is 9.52. The Morgan fingerprint density at radius 3 is 2.02 bits per heavy atom. The fourth-order valence-electron chi connectivity index (χ4n) is 6.88. The van der Waals surface area contributed by atoms with Crippen molar-refractivity contribution in [1.82, 2.24) is 0 Å². The van der Waals surface area contributed by atoms with Gasteiger partial charge in [0, 0.05) is 18.1 Å². The van der Waals surface area contributed by atoms with Crippen molar-refractivity contribution in [3.8, 4) is 11.5 Å². The molecule has 2 atom stereocenters. The predicted molar refractivity (Wildman–Crippen MR) is 171 cm³/mol. The smallest absolute Gasteiger partial charge is 0.319 e. The maximum Gasteiger partial charge on any atom is 0.319 e. The molecule has 0 radical (unpaired) electrons. The van der Waals surface area contributed by atoms with E-state index in [9.17, 15) is 5.11 Å². The molecular formula is C36H50O3Si. The molecule has 0 saturated carbocycles. The zero-order valence-electron chi connectivity index (χ0n) is 25.8. The highest BCUT2D eigenvalue weighted by molar-refractivity contribution is 7.00. The summed E-state index contributed by atoms with van der Waals surface area (Å²) in [4.78, 5) is 0. The molecule has 40 heavy (non-hydrogen) atoms. The van der Waals surface area contributed by atoms with Crippen LogP contribution in [-0.2, 0) is 6.42 Å². The molecular weight excluding hydrogens is 508 g/mol. The fraction of sp³-hybridized carbons (Fsp3) is 0.500. The van der Waals surface area contributed by atoms with Crippen LogP contribution in [0.1, 0.15) is 97.6 Å². The third-order valence-corrected chi connectivity index (χ3v) is 13.8. The summed E-state index contributed by atoms with van der Waals surface area (Å²) in [6, 6.07) is 26.4. The molecule has 1 aliphatic rings. The highest BCUT2D eigenvalue weighted by atomic mass is 28.4. The standard InChI is InChI=1S/C36H50O3Si/c1-8-9-12-18-28-25-32-34(27(2)31(23-17-24-37)36(6,7)38-32)33(26-28)39-40(35(3,4)5,29-19-13-10-14-20-29)30-21-15-11-16-22-30/h10-11,13-16,19-22,25-27,31,37H,8-9,12,17-18,23-24H2,1-7H3. The monoisotopic (exact) mass is 558 g/mol. The van der Waals surface area contributed by atoms with Crippen molar-refractivity contribution in [2.45, 2.75) is 104 Å². The lowest BCUT2D eigenvalue weighted by Crippen LogP contribution is -2.69. The molecule has 3 aromatic carbocycles. The quantitative estimate of drug-likeness (QED) is 0.191. The predicted octanol–water partition coefficient (Wildman–Crippen LogP) is 8.02. The van der Waals surface area contributed by atoms with E-state index in [1.54, 1.807) is 0 Å². The van der Waals surface area contributed by atoms with Crippen LogP contribution in [0.15, 0.2) is 72.8 Å². The molecule has 216 valence electrons. The second-order valence-electron chi connectivity index (χ2n) is 13.2. The summed E-state index contributed by atoms with van der Waals surface area (Å²) in [5.41, 5.74) is 2.16. The largest absolute Gasteiger partial charge is 0.534 e. The summed E-state index contributed by atoms with van der Waals surface area (Å²) < 4.78 is 14.5. The van der Waals surface area contributed by atoms with E-state index < -0.39 is 8.32 Å². The molecule has 3 aromatic rings. The number of benzene rings is 3. The maximum atomic E-state index is 9.68. The second kappa shape index (κ2) is 12.5. The van der Waals surface area contributed by atoms with Gasteiger partial charge in [-0.15, -0.1) is 0 Å². The molecule has 0 amide bonds. The van der Waals surface area contributed by atoms with Crippen molar-refractivity contribution in [3.05, 3.63) is 83.9 Å². The fourth-order valence-corrected chi connectivity index (χ4v) is 11.3. The summed E-state index contributed by atoms with van der Waals surface area (Å²) in [5, 5.41) is 12.1. The van der Waals surface area contributed by atoms with Gasteiger partial charge >= 0.3 is 8.32 Å². The number of aliphatic hydroxyl groups excluding tert-OH is 1. The summed E-state index contributed by atoms with van der Waals surface area (Å²) in [5.74, 6) is 2.47. The first-order valence-corrected chi connectivity index (χ1v) is 17.2. The van der Waals surface area contributed by atoms with Gasteiger partial charge in [-0.05, 0) is 78.6 Å². The third kappa shape index (κ3) is 6.04. The number of hydrogen-bond acceptors (Lipinski definition) is 3. The number of fused-ring (bicyclic) bond motifs is 1. The van der Waals surface area contributed by atoms with Crippen LogP contribution in [0.2, 0.25) is 5.04 Å². The Bertz CT molecular complexity index is 1190. The molecule has 1 N–H and O–H groups in total. The normalized spacial score (nSPS) is 18.6. The first kappa shape index (κ1) is 30.4. The molecule has 0 aliphatic carbocycles. The van der Waals surface area contributed by atoms with E-state index >= 15 is 0 Å². The van der Waals surface area contributed by atoms with Gasteiger partial charge in [-0.1, -0.05) is 108 Å². The molecule has 4 heteroatoms. The Labute approximate surface area is 244 Å². The molecule has 0 fully saturated rings. The first-order valence-electron chi connectivity index (χ1n) is 15.3. The van der Waals surface area contributed by atoms with Crippen LogP contribution < -0.4 is 19.5 Å². The van der Waals surface area contributed by atoms with E-state index in [2.05, 4.69) is 121 Å². The molecule has 1 aliphatic heterocycles. The Morgan fingerprint density at radius 2 is 1.50 bits per heavy atom. The van der Waals surface area contributed by atoms with Gasteiger partial charge in [-0.25, -0.2) is 0 Å². The van der Waals surface area contributed by atoms with E-state index in [-0.39, 0.29) is 29.1 Å². The average molecular weight is 559 g/mol. The summed E-state index contributed by atoms with van der Waals surface area (Å²) >= 11 is 0. The molecule has 3 nitrogen and oxygen atoms in total. The Balaban J connectivity index is 1.95. The summed E-state index contributed by atoms with van der Waals surface area (Å²) in [6.45, 7) is 16.2. The zero-order valence-corrected chi connectivity index (χ0v) is 26.8. The van der Waals surface area contributed by atoms with Crippen LogP contribution in [0.3, 0.4) is 0 Å². The maximum absolute atomic E-state index is 9.68. The van der Waals surface area contributed by atoms with Crippen molar-refractivity contribution in [3.63, 3.8) is 0 Å². The molecule has 2 unspecified atom stereocenters. The lowest BCUT2D eigenvalue weighted by atomic mass is 9.72. The van der Waals surface area contributed by atoms with E-state index in [1.807, 2.05) is 0 Å². The SMILES string of the molecule is CCCCCc1cc2c(c(O[Si](c3ccccc3)(c3ccccc3)C(C)(C)C)c1)C(C)C(CCCO)C(C)(C)O2. The molecule has 0 aromatic heterocycles. The van der Waals surface area contributed by atoms with Crippen LogP contribution in [-0.4, -0.2) is 25.6 Å². The minimum Gasteiger partial charge on any atom is -0.534 e. The van der Waals surface area contributed by atoms with Crippen LogP contribution >= 0.6 is 0 Å². The number of aliphatic hydroxyl groups is 1. The Hall–Kier alpha value is -2.56. The first-order chi connectivity index (χ1) is 19.0. The van der Waals surface area contributed by atoms with Gasteiger partial charge in [-0.2, -0.15) is 0 Å². The Morgan fingerprint density at radius 1 is 0.900 bits per heavy atom. The zero-order chi connectivity index (χ0) is 29.0. The van der Waals surface area contributed by atoms with Gasteiger partial charge in [0.2, 0.25) is 0 Å². The van der Waals surface area contributed by atoms with Gasteiger partial charge in [0.15, 0.2) is 0 Å². The number of aryl methyl sites for hydroxylation is 1. The topological polar surface area (TPSA) is 38.7 Å². The van der Waals surface area contributed by atoms with Crippen molar-refractivity contribution in [1.29, 1.82) is 0 Å². The summed E-state index contributed by atoms with van der Waals surface area (Å²) in [6.07, 6.45) is 6.28. The van der Waals surface area contributed by atoms with Crippen molar-refractivity contribution in [2.75, 3.05) is 6.61 Å². The van der Waals surface area contributed by atoms with Crippen molar-refractivity contribution in [2.24, 2.45) is 5.92 Å². The molecule has 0 spiro atoms. The number of rotatable bonds is 11. The molecule has 0 saturated heterocycles. The van der Waals surface area contributed by atoms with E-state index in [4.69, 9.17) is 9.16 Å². The summed E-state index contributed by atoms with van der Waals surface area (Å²) in [7, 11) is -2.82. The highest BCUT2D eigenvalue weighted by Gasteiger charge is 2.53. The minimum atomic E-state index is -2.82. The van der Waals surface area contributed by atoms with Gasteiger partial charge < -0.3 is 14.3 Å². The van der Waals surface area contributed by atoms with Crippen LogP contribution in [0.25, 0.3) is 0 Å². The average Bonchev–Trinajstić information content (AvgIpc) is 2.91. The van der Waals surface area contributed by atoms with Crippen molar-refractivity contribution >= 4 is 18.7 Å². The molecule has 4 rings (SSSR count). The third-order valence-electron chi connectivity index (χ3n) is 8.91. The van der Waals surface area contributed by atoms with E-state index in [1.165, 1.54) is 34.3 Å². The number of unbranched alkanes of at least 4 members (excludes halogenated alkanes) is 2. The van der Waals surface area contributed by atoms with Crippen LogP contribution in [0.4, 0.5) is 0 Å². The molecule has 1 heterocycles. The second-order valence-corrected chi connectivity index (χ2v) is 17.4. The number of hydrogen-bond donors (Lipinski definition) is 1. The van der Waals surface area contributed by atoms with Crippen LogP contribution in [0.5, 0.6) is 11.5 Å². The number of ether oxygens (including phenoxy) is 1. The van der Waals surface area contributed by atoms with Gasteiger partial charge in [-0.3, -0.25) is 0 Å². The van der Waals surface area contributed by atoms with Gasteiger partial charge in [0.25, 0.3) is 0 Å². The van der Waals surface area contributed by atoms with Gasteiger partial charge in [0.05, 0.1) is 0 Å². The van der Waals surface area contributed by atoms with Gasteiger partial charge in [0.1, 0.15) is 17.1 Å². The van der Waals surface area contributed by atoms with E-state index in [0.29, 0.717) is 0 Å². The van der Waals surface area contributed by atoms with E-state index in [0.717, 1.165) is 37.2 Å². The lowest BCUT2D eigenvalue weighted by molar-refractivity contribution is 0.00573. The van der Waals surface area contributed by atoms with Crippen molar-refractivity contribution < 1.29 is 14.3 Å².